The summed E-state index contributed by atoms with van der Waals surface area (Å²) >= 11 is 0. The molecule has 0 unspecified atom stereocenters. The van der Waals surface area contributed by atoms with Crippen LogP contribution in [0.25, 0.3) is 0 Å². The number of likely N-dealkylation sites (tertiary alicyclic amines) is 1. The van der Waals surface area contributed by atoms with E-state index in [9.17, 15) is 0 Å². The first-order valence-corrected chi connectivity index (χ1v) is 6.81. The van der Waals surface area contributed by atoms with Crippen molar-refractivity contribution >= 4 is 0 Å². The maximum Gasteiger partial charge on any atom is 0.113 e. The summed E-state index contributed by atoms with van der Waals surface area (Å²) in [7, 11) is 0. The molecule has 0 radical (unpaired) electrons. The molecule has 3 atom stereocenters. The Hall–Kier alpha value is -0.340. The molecule has 0 aromatic carbocycles. The van der Waals surface area contributed by atoms with Gasteiger partial charge < -0.3 is 9.64 Å². The topological polar surface area (TPSA) is 13.7 Å². The maximum atomic E-state index is 6.14. The Morgan fingerprint density at radius 1 is 1.31 bits per heavy atom. The fourth-order valence-electron chi connectivity index (χ4n) is 3.18. The van der Waals surface area contributed by atoms with E-state index >= 15 is 0 Å². The Morgan fingerprint density at radius 3 is 2.62 bits per heavy atom. The molecule has 16 heavy (non-hydrogen) atoms. The van der Waals surface area contributed by atoms with E-state index < -0.39 is 0 Å². The molecule has 0 aromatic rings. The molecule has 1 N–H and O–H groups in total. The van der Waals surface area contributed by atoms with Crippen molar-refractivity contribution in [3.8, 4) is 0 Å². The van der Waals surface area contributed by atoms with E-state index in [0.29, 0.717) is 18.1 Å². The maximum absolute atomic E-state index is 6.14. The lowest BCUT2D eigenvalue weighted by Crippen LogP contribution is -3.11. The summed E-state index contributed by atoms with van der Waals surface area (Å²) in [6, 6.07) is 0. The minimum Gasteiger partial charge on any atom is -0.369 e. The Kier molecular flexibility index (Phi) is 4.04. The summed E-state index contributed by atoms with van der Waals surface area (Å²) in [5, 5.41) is 0. The second kappa shape index (κ2) is 5.33. The summed E-state index contributed by atoms with van der Waals surface area (Å²) in [4.78, 5) is 1.74. The molecular formula is C14H26NO+. The first kappa shape index (κ1) is 12.1. The van der Waals surface area contributed by atoms with Gasteiger partial charge in [0.25, 0.3) is 0 Å². The van der Waals surface area contributed by atoms with Gasteiger partial charge in [0, 0.05) is 18.8 Å². The van der Waals surface area contributed by atoms with E-state index in [1.807, 2.05) is 0 Å². The van der Waals surface area contributed by atoms with Gasteiger partial charge in [-0.1, -0.05) is 12.2 Å². The lowest BCUT2D eigenvalue weighted by molar-refractivity contribution is -0.891. The summed E-state index contributed by atoms with van der Waals surface area (Å²) in [6.45, 7) is 12.4. The smallest absolute Gasteiger partial charge is 0.113 e. The van der Waals surface area contributed by atoms with E-state index in [0.717, 1.165) is 0 Å². The van der Waals surface area contributed by atoms with Crippen LogP contribution in [0.5, 0.6) is 0 Å². The van der Waals surface area contributed by atoms with Gasteiger partial charge in [0.1, 0.15) is 12.6 Å². The molecule has 0 aromatic heterocycles. The van der Waals surface area contributed by atoms with Crippen molar-refractivity contribution in [2.45, 2.75) is 51.7 Å². The van der Waals surface area contributed by atoms with E-state index in [2.05, 4.69) is 20.4 Å². The zero-order chi connectivity index (χ0) is 11.5. The largest absolute Gasteiger partial charge is 0.369 e. The molecule has 2 saturated heterocycles. The molecule has 2 nitrogen and oxygen atoms in total. The summed E-state index contributed by atoms with van der Waals surface area (Å²) < 4.78 is 6.14. The van der Waals surface area contributed by atoms with Crippen molar-refractivity contribution < 1.29 is 9.64 Å². The zero-order valence-corrected chi connectivity index (χ0v) is 10.8. The molecule has 0 aliphatic carbocycles. The van der Waals surface area contributed by atoms with E-state index in [-0.39, 0.29) is 0 Å². The van der Waals surface area contributed by atoms with Crippen LogP contribution in [-0.4, -0.2) is 31.8 Å². The molecule has 2 aliphatic heterocycles. The lowest BCUT2D eigenvalue weighted by atomic mass is 9.86. The van der Waals surface area contributed by atoms with Crippen LogP contribution in [0.3, 0.4) is 0 Å². The number of quaternary nitrogens is 1. The van der Waals surface area contributed by atoms with Gasteiger partial charge in [-0.25, -0.2) is 0 Å². The highest BCUT2D eigenvalue weighted by molar-refractivity contribution is 5.01. The Labute approximate surface area is 99.7 Å². The Balaban J connectivity index is 1.93. The molecule has 92 valence electrons. The fourth-order valence-corrected chi connectivity index (χ4v) is 3.18. The van der Waals surface area contributed by atoms with Gasteiger partial charge in [-0.05, 0) is 26.7 Å². The van der Waals surface area contributed by atoms with Crippen LogP contribution >= 0.6 is 0 Å². The predicted octanol–water partition coefficient (Wildman–Crippen LogP) is 1.42. The SMILES string of the molecule is C=C(C)[C@H]1CC[C@@H](C)O[C@H]1C[NH+]1CCCC1. The molecule has 2 heteroatoms. The van der Waals surface area contributed by atoms with Gasteiger partial charge in [0.2, 0.25) is 0 Å². The van der Waals surface area contributed by atoms with Gasteiger partial charge in [0.15, 0.2) is 0 Å². The highest BCUT2D eigenvalue weighted by Gasteiger charge is 2.33. The van der Waals surface area contributed by atoms with Gasteiger partial charge in [-0.15, -0.1) is 0 Å². The quantitative estimate of drug-likeness (QED) is 0.716. The first-order chi connectivity index (χ1) is 7.66. The minimum atomic E-state index is 0.425. The molecular weight excluding hydrogens is 198 g/mol. The predicted molar refractivity (Wildman–Crippen MR) is 66.7 cm³/mol. The standard InChI is InChI=1S/C14H25NO/c1-11(2)13-7-6-12(3)16-14(13)10-15-8-4-5-9-15/h12-14H,1,4-10H2,2-3H3/p+1/t12-,13-,14+/m1/s1. The third-order valence-corrected chi connectivity index (χ3v) is 4.17. The van der Waals surface area contributed by atoms with Crippen LogP contribution < -0.4 is 4.90 Å². The second-order valence-electron chi connectivity index (χ2n) is 5.68. The van der Waals surface area contributed by atoms with Crippen molar-refractivity contribution in [2.24, 2.45) is 5.92 Å². The molecule has 0 saturated carbocycles. The van der Waals surface area contributed by atoms with Crippen molar-refractivity contribution in [3.05, 3.63) is 12.2 Å². The van der Waals surface area contributed by atoms with E-state index in [4.69, 9.17) is 4.74 Å². The van der Waals surface area contributed by atoms with Crippen molar-refractivity contribution in [3.63, 3.8) is 0 Å². The molecule has 0 spiro atoms. The van der Waals surface area contributed by atoms with Crippen molar-refractivity contribution in [2.75, 3.05) is 19.6 Å². The molecule has 0 amide bonds. The van der Waals surface area contributed by atoms with Gasteiger partial charge in [0.05, 0.1) is 19.2 Å². The second-order valence-corrected chi connectivity index (χ2v) is 5.68. The van der Waals surface area contributed by atoms with E-state index in [1.54, 1.807) is 4.90 Å². The number of ether oxygens (including phenoxy) is 1. The van der Waals surface area contributed by atoms with Crippen molar-refractivity contribution in [1.29, 1.82) is 0 Å². The monoisotopic (exact) mass is 224 g/mol. The molecule has 0 bridgehead atoms. The van der Waals surface area contributed by atoms with Gasteiger partial charge in [-0.2, -0.15) is 0 Å². The van der Waals surface area contributed by atoms with Crippen LogP contribution in [0.15, 0.2) is 12.2 Å². The molecule has 2 rings (SSSR count). The minimum absolute atomic E-state index is 0.425. The lowest BCUT2D eigenvalue weighted by Gasteiger charge is -2.36. The number of hydrogen-bond donors (Lipinski definition) is 1. The molecule has 2 aliphatic rings. The zero-order valence-electron chi connectivity index (χ0n) is 10.8. The highest BCUT2D eigenvalue weighted by Crippen LogP contribution is 2.29. The van der Waals surface area contributed by atoms with Crippen LogP contribution in [-0.2, 0) is 4.74 Å². The number of hydrogen-bond acceptors (Lipinski definition) is 1. The summed E-state index contributed by atoms with van der Waals surface area (Å²) in [5.74, 6) is 0.601. The van der Waals surface area contributed by atoms with Crippen LogP contribution in [0.4, 0.5) is 0 Å². The Morgan fingerprint density at radius 2 is 2.00 bits per heavy atom. The third kappa shape index (κ3) is 2.86. The summed E-state index contributed by atoms with van der Waals surface area (Å²) in [5.41, 5.74) is 1.32. The summed E-state index contributed by atoms with van der Waals surface area (Å²) in [6.07, 6.45) is 6.14. The van der Waals surface area contributed by atoms with Crippen LogP contribution in [0.2, 0.25) is 0 Å². The van der Waals surface area contributed by atoms with E-state index in [1.165, 1.54) is 50.9 Å². The van der Waals surface area contributed by atoms with Crippen molar-refractivity contribution in [1.82, 2.24) is 0 Å². The van der Waals surface area contributed by atoms with Gasteiger partial charge in [-0.3, -0.25) is 0 Å². The molecule has 2 fully saturated rings. The highest BCUT2D eigenvalue weighted by atomic mass is 16.5. The third-order valence-electron chi connectivity index (χ3n) is 4.17. The average molecular weight is 224 g/mol. The average Bonchev–Trinajstić information content (AvgIpc) is 2.70. The Bertz CT molecular complexity index is 245. The normalized spacial score (nSPS) is 36.5. The number of rotatable bonds is 3. The van der Waals surface area contributed by atoms with Crippen LogP contribution in [0.1, 0.15) is 39.5 Å². The molecule has 2 heterocycles. The van der Waals surface area contributed by atoms with Gasteiger partial charge >= 0.3 is 0 Å². The first-order valence-electron chi connectivity index (χ1n) is 6.81. The fraction of sp³-hybridized carbons (Fsp3) is 0.857. The number of nitrogens with one attached hydrogen (secondary N) is 1. The van der Waals surface area contributed by atoms with Crippen LogP contribution in [0, 0.1) is 5.92 Å².